The second kappa shape index (κ2) is 6.85. The Morgan fingerprint density at radius 1 is 1.30 bits per heavy atom. The molecule has 1 atom stereocenters. The predicted octanol–water partition coefficient (Wildman–Crippen LogP) is 2.54. The summed E-state index contributed by atoms with van der Waals surface area (Å²) in [5.74, 6) is 6.09. The molecule has 106 valence electrons. The van der Waals surface area contributed by atoms with Gasteiger partial charge in [-0.25, -0.2) is 9.97 Å². The first kappa shape index (κ1) is 15.0. The van der Waals surface area contributed by atoms with Crippen molar-refractivity contribution in [2.24, 2.45) is 5.84 Å². The molecule has 0 aliphatic rings. The molecule has 0 aliphatic heterocycles. The minimum atomic E-state index is -0.203. The summed E-state index contributed by atoms with van der Waals surface area (Å²) in [6.07, 6.45) is 2.01. The summed E-state index contributed by atoms with van der Waals surface area (Å²) in [6.45, 7) is 0. The van der Waals surface area contributed by atoms with Crippen LogP contribution in [-0.4, -0.2) is 17.1 Å². The van der Waals surface area contributed by atoms with Gasteiger partial charge >= 0.3 is 0 Å². The molecule has 2 rings (SSSR count). The highest BCUT2D eigenvalue weighted by Crippen LogP contribution is 2.25. The van der Waals surface area contributed by atoms with Gasteiger partial charge in [-0.2, -0.15) is 0 Å². The van der Waals surface area contributed by atoms with Crippen LogP contribution in [0.4, 0.5) is 0 Å². The Morgan fingerprint density at radius 3 is 2.75 bits per heavy atom. The van der Waals surface area contributed by atoms with Crippen molar-refractivity contribution in [3.05, 3.63) is 51.9 Å². The first-order chi connectivity index (χ1) is 9.63. The number of hydrogen-bond acceptors (Lipinski definition) is 5. The predicted molar refractivity (Wildman–Crippen MR) is 78.8 cm³/mol. The lowest BCUT2D eigenvalue weighted by molar-refractivity contribution is 0.393. The minimum Gasteiger partial charge on any atom is -0.481 e. The highest BCUT2D eigenvalue weighted by molar-refractivity contribution is 6.35. The summed E-state index contributed by atoms with van der Waals surface area (Å²) < 4.78 is 5.08. The Labute approximate surface area is 127 Å². The lowest BCUT2D eigenvalue weighted by Gasteiger charge is -2.16. The first-order valence-electron chi connectivity index (χ1n) is 5.90. The van der Waals surface area contributed by atoms with E-state index in [9.17, 15) is 0 Å². The average Bonchev–Trinajstić information content (AvgIpc) is 2.46. The van der Waals surface area contributed by atoms with Crippen molar-refractivity contribution in [2.45, 2.75) is 12.5 Å². The van der Waals surface area contributed by atoms with E-state index >= 15 is 0 Å². The lowest BCUT2D eigenvalue weighted by Crippen LogP contribution is -2.30. The third kappa shape index (κ3) is 3.58. The Balaban J connectivity index is 2.23. The van der Waals surface area contributed by atoms with Gasteiger partial charge in [-0.1, -0.05) is 29.3 Å². The largest absolute Gasteiger partial charge is 0.481 e. The van der Waals surface area contributed by atoms with Crippen LogP contribution in [0.15, 0.2) is 30.6 Å². The van der Waals surface area contributed by atoms with Crippen LogP contribution in [-0.2, 0) is 6.42 Å². The lowest BCUT2D eigenvalue weighted by atomic mass is 10.0. The van der Waals surface area contributed by atoms with E-state index in [4.69, 9.17) is 33.8 Å². The number of methoxy groups -OCH3 is 1. The van der Waals surface area contributed by atoms with Crippen molar-refractivity contribution in [2.75, 3.05) is 7.11 Å². The van der Waals surface area contributed by atoms with Gasteiger partial charge in [0, 0.05) is 16.1 Å². The molecule has 0 bridgehead atoms. The van der Waals surface area contributed by atoms with Gasteiger partial charge in [0.1, 0.15) is 6.33 Å². The number of rotatable bonds is 5. The highest BCUT2D eigenvalue weighted by Gasteiger charge is 2.15. The third-order valence-corrected chi connectivity index (χ3v) is 3.46. The molecule has 1 unspecified atom stereocenters. The fourth-order valence-corrected chi connectivity index (χ4v) is 2.30. The van der Waals surface area contributed by atoms with Gasteiger partial charge in [-0.3, -0.25) is 11.3 Å². The van der Waals surface area contributed by atoms with E-state index in [-0.39, 0.29) is 6.04 Å². The van der Waals surface area contributed by atoms with E-state index in [0.717, 1.165) is 11.3 Å². The van der Waals surface area contributed by atoms with E-state index in [1.165, 1.54) is 6.33 Å². The Morgan fingerprint density at radius 2 is 2.10 bits per heavy atom. The van der Waals surface area contributed by atoms with Crippen molar-refractivity contribution in [1.29, 1.82) is 0 Å². The SMILES string of the molecule is COc1cc(C(Cc2ccc(Cl)cc2Cl)NN)ncn1. The van der Waals surface area contributed by atoms with Gasteiger partial charge in [0.15, 0.2) is 0 Å². The molecule has 1 aromatic heterocycles. The summed E-state index contributed by atoms with van der Waals surface area (Å²) in [5, 5.41) is 1.19. The van der Waals surface area contributed by atoms with Crippen molar-refractivity contribution in [3.63, 3.8) is 0 Å². The van der Waals surface area contributed by atoms with Gasteiger partial charge in [-0.05, 0) is 24.1 Å². The molecule has 0 fully saturated rings. The van der Waals surface area contributed by atoms with Crippen LogP contribution in [0, 0.1) is 0 Å². The molecule has 0 spiro atoms. The number of halogens is 2. The number of benzene rings is 1. The fraction of sp³-hybridized carbons (Fsp3) is 0.231. The molecule has 7 heteroatoms. The zero-order valence-corrected chi connectivity index (χ0v) is 12.3. The highest BCUT2D eigenvalue weighted by atomic mass is 35.5. The second-order valence-electron chi connectivity index (χ2n) is 4.14. The smallest absolute Gasteiger partial charge is 0.216 e. The molecule has 20 heavy (non-hydrogen) atoms. The maximum atomic E-state index is 6.17. The van der Waals surface area contributed by atoms with E-state index in [1.807, 2.05) is 6.07 Å². The van der Waals surface area contributed by atoms with Crippen LogP contribution < -0.4 is 16.0 Å². The first-order valence-corrected chi connectivity index (χ1v) is 6.65. The summed E-state index contributed by atoms with van der Waals surface area (Å²) in [6, 6.07) is 6.89. The van der Waals surface area contributed by atoms with Crippen molar-refractivity contribution >= 4 is 23.2 Å². The molecule has 0 amide bonds. The molecule has 0 aliphatic carbocycles. The Bertz CT molecular complexity index is 594. The van der Waals surface area contributed by atoms with Crippen molar-refractivity contribution in [3.8, 4) is 5.88 Å². The maximum absolute atomic E-state index is 6.17. The maximum Gasteiger partial charge on any atom is 0.216 e. The Hall–Kier alpha value is -1.40. The number of hydrogen-bond donors (Lipinski definition) is 2. The van der Waals surface area contributed by atoms with Crippen LogP contribution in [0.5, 0.6) is 5.88 Å². The number of nitrogens with zero attached hydrogens (tertiary/aromatic N) is 2. The number of hydrazine groups is 1. The summed E-state index contributed by atoms with van der Waals surface area (Å²) >= 11 is 12.0. The van der Waals surface area contributed by atoms with Crippen LogP contribution in [0.25, 0.3) is 0 Å². The fourth-order valence-electron chi connectivity index (χ4n) is 1.81. The third-order valence-electron chi connectivity index (χ3n) is 2.87. The van der Waals surface area contributed by atoms with E-state index in [1.54, 1.807) is 25.3 Å². The molecule has 1 aromatic carbocycles. The number of nitrogens with two attached hydrogens (primary N) is 1. The van der Waals surface area contributed by atoms with Crippen LogP contribution in [0.3, 0.4) is 0 Å². The van der Waals surface area contributed by atoms with Gasteiger partial charge < -0.3 is 4.74 Å². The van der Waals surface area contributed by atoms with Crippen molar-refractivity contribution in [1.82, 2.24) is 15.4 Å². The number of ether oxygens (including phenoxy) is 1. The molecular weight excluding hydrogens is 299 g/mol. The van der Waals surface area contributed by atoms with Gasteiger partial charge in [0.2, 0.25) is 5.88 Å². The number of nitrogens with one attached hydrogen (secondary N) is 1. The minimum absolute atomic E-state index is 0.203. The average molecular weight is 313 g/mol. The van der Waals surface area contributed by atoms with Gasteiger partial charge in [0.25, 0.3) is 0 Å². The molecule has 0 radical (unpaired) electrons. The van der Waals surface area contributed by atoms with Crippen LogP contribution in [0.2, 0.25) is 10.0 Å². The molecule has 2 aromatic rings. The van der Waals surface area contributed by atoms with Gasteiger partial charge in [-0.15, -0.1) is 0 Å². The quantitative estimate of drug-likeness (QED) is 0.655. The molecule has 5 nitrogen and oxygen atoms in total. The van der Waals surface area contributed by atoms with Crippen LogP contribution >= 0.6 is 23.2 Å². The monoisotopic (exact) mass is 312 g/mol. The van der Waals surface area contributed by atoms with E-state index < -0.39 is 0 Å². The molecular formula is C13H14Cl2N4O. The summed E-state index contributed by atoms with van der Waals surface area (Å²) in [5.41, 5.74) is 4.38. The molecule has 0 saturated heterocycles. The van der Waals surface area contributed by atoms with Crippen molar-refractivity contribution < 1.29 is 4.74 Å². The Kier molecular flexibility index (Phi) is 5.14. The van der Waals surface area contributed by atoms with Crippen LogP contribution in [0.1, 0.15) is 17.3 Å². The van der Waals surface area contributed by atoms with E-state index in [0.29, 0.717) is 22.3 Å². The topological polar surface area (TPSA) is 73.1 Å². The molecule has 0 saturated carbocycles. The molecule has 1 heterocycles. The summed E-state index contributed by atoms with van der Waals surface area (Å²) in [4.78, 5) is 8.16. The zero-order valence-electron chi connectivity index (χ0n) is 10.8. The zero-order chi connectivity index (χ0) is 14.5. The number of aromatic nitrogens is 2. The standard InChI is InChI=1S/C13H14Cl2N4O/c1-20-13-6-11(17-7-18-13)12(19-16)4-8-2-3-9(14)5-10(8)15/h2-3,5-7,12,19H,4,16H2,1H3. The second-order valence-corrected chi connectivity index (χ2v) is 4.99. The van der Waals surface area contributed by atoms with E-state index in [2.05, 4.69) is 15.4 Å². The van der Waals surface area contributed by atoms with Gasteiger partial charge in [0.05, 0.1) is 18.8 Å². The normalized spacial score (nSPS) is 12.2. The summed E-state index contributed by atoms with van der Waals surface area (Å²) in [7, 11) is 1.55. The molecule has 3 N–H and O–H groups in total.